The number of aromatic nitrogens is 1. The van der Waals surface area contributed by atoms with Crippen LogP contribution < -0.4 is 4.90 Å². The highest BCUT2D eigenvalue weighted by Gasteiger charge is 2.25. The molecule has 0 radical (unpaired) electrons. The zero-order valence-corrected chi connectivity index (χ0v) is 31.9. The molecule has 0 unspecified atom stereocenters. The van der Waals surface area contributed by atoms with E-state index in [0.717, 1.165) is 28.3 Å². The lowest BCUT2D eigenvalue weighted by Gasteiger charge is -2.28. The van der Waals surface area contributed by atoms with Crippen LogP contribution in [0.1, 0.15) is 0 Å². The Morgan fingerprint density at radius 2 is 0.912 bits per heavy atom. The molecule has 0 saturated carbocycles. The fraction of sp³-hybridized carbons (Fsp3) is 0. The lowest BCUT2D eigenvalue weighted by molar-refractivity contribution is 1.18. The van der Waals surface area contributed by atoms with Crippen molar-refractivity contribution < 1.29 is 0 Å². The summed E-state index contributed by atoms with van der Waals surface area (Å²) in [5.41, 5.74) is 14.0. The fourth-order valence-electron chi connectivity index (χ4n) is 8.63. The Hall–Kier alpha value is -7.20. The van der Waals surface area contributed by atoms with E-state index in [1.807, 2.05) is 11.3 Å². The molecule has 0 aliphatic rings. The summed E-state index contributed by atoms with van der Waals surface area (Å²) in [4.78, 5) is 2.50. The van der Waals surface area contributed by atoms with Gasteiger partial charge in [0.2, 0.25) is 0 Å². The zero-order chi connectivity index (χ0) is 37.7. The van der Waals surface area contributed by atoms with Crippen molar-refractivity contribution in [2.75, 3.05) is 4.90 Å². The topological polar surface area (TPSA) is 8.17 Å². The van der Waals surface area contributed by atoms with Crippen molar-refractivity contribution in [3.8, 4) is 39.1 Å². The number of anilines is 3. The van der Waals surface area contributed by atoms with Crippen LogP contribution in [-0.2, 0) is 0 Å². The molecule has 0 aliphatic heterocycles. The molecular formula is C54H36N2S. The van der Waals surface area contributed by atoms with Gasteiger partial charge in [0.1, 0.15) is 0 Å². The molecule has 268 valence electrons. The van der Waals surface area contributed by atoms with Gasteiger partial charge in [-0.1, -0.05) is 152 Å². The van der Waals surface area contributed by atoms with Crippen molar-refractivity contribution in [3.05, 3.63) is 218 Å². The van der Waals surface area contributed by atoms with Crippen LogP contribution in [0.4, 0.5) is 17.1 Å². The first kappa shape index (κ1) is 33.2. The Kier molecular flexibility index (Phi) is 8.04. The van der Waals surface area contributed by atoms with E-state index in [0.29, 0.717) is 0 Å². The zero-order valence-electron chi connectivity index (χ0n) is 31.1. The second kappa shape index (κ2) is 13.8. The average molecular weight is 745 g/mol. The normalized spacial score (nSPS) is 11.5. The molecule has 0 spiro atoms. The quantitative estimate of drug-likeness (QED) is 0.158. The molecule has 11 rings (SSSR count). The first-order chi connectivity index (χ1) is 28.3. The van der Waals surface area contributed by atoms with E-state index in [-0.39, 0.29) is 0 Å². The lowest BCUT2D eigenvalue weighted by atomic mass is 9.95. The lowest BCUT2D eigenvalue weighted by Crippen LogP contribution is -2.11. The summed E-state index contributed by atoms with van der Waals surface area (Å²) in [6.07, 6.45) is 0. The Morgan fingerprint density at radius 1 is 0.368 bits per heavy atom. The van der Waals surface area contributed by atoms with Crippen LogP contribution in [-0.4, -0.2) is 4.57 Å². The van der Waals surface area contributed by atoms with Gasteiger partial charge in [0.25, 0.3) is 0 Å². The van der Waals surface area contributed by atoms with E-state index in [1.165, 1.54) is 69.8 Å². The molecule has 11 aromatic rings. The monoisotopic (exact) mass is 744 g/mol. The van der Waals surface area contributed by atoms with Crippen LogP contribution in [0.3, 0.4) is 0 Å². The van der Waals surface area contributed by atoms with E-state index in [9.17, 15) is 0 Å². The van der Waals surface area contributed by atoms with Crippen molar-refractivity contribution in [2.24, 2.45) is 0 Å². The molecule has 0 amide bonds. The molecule has 3 heteroatoms. The van der Waals surface area contributed by atoms with E-state index >= 15 is 0 Å². The molecule has 0 bridgehead atoms. The summed E-state index contributed by atoms with van der Waals surface area (Å²) >= 11 is 1.86. The largest absolute Gasteiger partial charge is 0.309 e. The van der Waals surface area contributed by atoms with Gasteiger partial charge in [0, 0.05) is 47.9 Å². The van der Waals surface area contributed by atoms with Gasteiger partial charge >= 0.3 is 0 Å². The van der Waals surface area contributed by atoms with Gasteiger partial charge in [-0.15, -0.1) is 11.3 Å². The third-order valence-corrected chi connectivity index (χ3v) is 12.3. The number of hydrogen-bond acceptors (Lipinski definition) is 2. The summed E-state index contributed by atoms with van der Waals surface area (Å²) in [7, 11) is 0. The molecule has 0 N–H and O–H groups in total. The highest BCUT2D eigenvalue weighted by atomic mass is 32.1. The summed E-state index contributed by atoms with van der Waals surface area (Å²) in [6, 6.07) is 79.4. The second-order valence-corrected chi connectivity index (χ2v) is 15.6. The number of nitrogens with zero attached hydrogens (tertiary/aromatic N) is 2. The predicted octanol–water partition coefficient (Wildman–Crippen LogP) is 15.6. The minimum atomic E-state index is 1.10. The molecule has 0 fully saturated rings. The molecule has 2 heterocycles. The summed E-state index contributed by atoms with van der Waals surface area (Å²) in [6.45, 7) is 0. The summed E-state index contributed by atoms with van der Waals surface area (Å²) < 4.78 is 5.04. The number of fused-ring (bicyclic) bond motifs is 6. The molecule has 2 nitrogen and oxygen atoms in total. The van der Waals surface area contributed by atoms with E-state index < -0.39 is 0 Å². The molecule has 9 aromatic carbocycles. The second-order valence-electron chi connectivity index (χ2n) is 14.5. The molecule has 0 atom stereocenters. The molecule has 0 aliphatic carbocycles. The number of benzene rings is 9. The predicted molar refractivity (Wildman–Crippen MR) is 245 cm³/mol. The number of hydrogen-bond donors (Lipinski definition) is 0. The summed E-state index contributed by atoms with van der Waals surface area (Å²) in [5, 5.41) is 4.95. The van der Waals surface area contributed by atoms with Crippen LogP contribution in [0.15, 0.2) is 218 Å². The number of thiophene rings is 1. The Labute approximate surface area is 335 Å². The van der Waals surface area contributed by atoms with Crippen molar-refractivity contribution >= 4 is 70.4 Å². The molecular weight excluding hydrogens is 709 g/mol. The van der Waals surface area contributed by atoms with Gasteiger partial charge in [0.05, 0.1) is 22.4 Å². The van der Waals surface area contributed by atoms with Gasteiger partial charge in [-0.25, -0.2) is 0 Å². The van der Waals surface area contributed by atoms with E-state index in [2.05, 4.69) is 228 Å². The number of para-hydroxylation sites is 1. The highest BCUT2D eigenvalue weighted by Crippen LogP contribution is 2.50. The maximum Gasteiger partial charge on any atom is 0.0620 e. The van der Waals surface area contributed by atoms with E-state index in [1.54, 1.807) is 0 Å². The molecule has 2 aromatic heterocycles. The first-order valence-electron chi connectivity index (χ1n) is 19.4. The third kappa shape index (κ3) is 5.63. The standard InChI is InChI=1S/C54H36N2S/c1-5-17-37(18-6-1)39-31-33-43(34-32-39)55(49-28-16-30-51-53(49)44-25-13-14-29-50(44)57-51)47-26-15-27-48-52(47)46-36-41(38-19-7-2-8-20-38)35-45(40-21-9-3-10-22-40)54(46)56(48)42-23-11-4-12-24-42/h1-36H. The van der Waals surface area contributed by atoms with Crippen molar-refractivity contribution in [2.45, 2.75) is 0 Å². The Morgan fingerprint density at radius 3 is 1.61 bits per heavy atom. The average Bonchev–Trinajstić information content (AvgIpc) is 3.84. The van der Waals surface area contributed by atoms with Crippen molar-refractivity contribution in [1.82, 2.24) is 4.57 Å². The SMILES string of the molecule is c1ccc(-c2ccc(N(c3cccc4sc5ccccc5c34)c3cccc4c3c3cc(-c5ccccc5)cc(-c5ccccc5)c3n4-c3ccccc3)cc2)cc1. The highest BCUT2D eigenvalue weighted by molar-refractivity contribution is 7.26. The van der Waals surface area contributed by atoms with Gasteiger partial charge in [0.15, 0.2) is 0 Å². The van der Waals surface area contributed by atoms with Gasteiger partial charge in [-0.05, 0) is 94.5 Å². The van der Waals surface area contributed by atoms with Gasteiger partial charge in [-0.3, -0.25) is 0 Å². The Balaban J connectivity index is 1.28. The Bertz CT molecular complexity index is 3200. The van der Waals surface area contributed by atoms with Crippen LogP contribution in [0.2, 0.25) is 0 Å². The summed E-state index contributed by atoms with van der Waals surface area (Å²) in [5.74, 6) is 0. The maximum atomic E-state index is 2.50. The third-order valence-electron chi connectivity index (χ3n) is 11.2. The van der Waals surface area contributed by atoms with E-state index in [4.69, 9.17) is 0 Å². The molecule has 0 saturated heterocycles. The van der Waals surface area contributed by atoms with Gasteiger partial charge in [-0.2, -0.15) is 0 Å². The number of rotatable bonds is 7. The van der Waals surface area contributed by atoms with Crippen LogP contribution >= 0.6 is 11.3 Å². The maximum absolute atomic E-state index is 2.50. The van der Waals surface area contributed by atoms with Crippen LogP contribution in [0.5, 0.6) is 0 Å². The van der Waals surface area contributed by atoms with Crippen molar-refractivity contribution in [3.63, 3.8) is 0 Å². The molecule has 57 heavy (non-hydrogen) atoms. The van der Waals surface area contributed by atoms with Crippen LogP contribution in [0, 0.1) is 0 Å². The van der Waals surface area contributed by atoms with Crippen LogP contribution in [0.25, 0.3) is 81.0 Å². The van der Waals surface area contributed by atoms with Gasteiger partial charge < -0.3 is 9.47 Å². The van der Waals surface area contributed by atoms with Crippen molar-refractivity contribution in [1.29, 1.82) is 0 Å². The smallest absolute Gasteiger partial charge is 0.0620 e. The fourth-order valence-corrected chi connectivity index (χ4v) is 9.75. The minimum absolute atomic E-state index is 1.10. The first-order valence-corrected chi connectivity index (χ1v) is 20.3. The minimum Gasteiger partial charge on any atom is -0.309 e.